The summed E-state index contributed by atoms with van der Waals surface area (Å²) in [6.07, 6.45) is 2.49. The van der Waals surface area contributed by atoms with Gasteiger partial charge in [-0.1, -0.05) is 6.92 Å². The van der Waals surface area contributed by atoms with E-state index in [4.69, 9.17) is 0 Å². The first-order valence-electron chi connectivity index (χ1n) is 2.75. The number of rotatable bonds is 3. The third-order valence-electron chi connectivity index (χ3n) is 0.565. The Bertz CT molecular complexity index is 52.0. The van der Waals surface area contributed by atoms with Crippen LogP contribution in [0.3, 0.4) is 0 Å². The Labute approximate surface area is 47.0 Å². The van der Waals surface area contributed by atoms with E-state index in [2.05, 4.69) is 18.6 Å². The lowest BCUT2D eigenvalue weighted by molar-refractivity contribution is 1.09. The normalized spacial score (nSPS) is 10.6. The van der Waals surface area contributed by atoms with Crippen LogP contribution in [0.5, 0.6) is 0 Å². The van der Waals surface area contributed by atoms with Crippen LogP contribution in [0.4, 0.5) is 0 Å². The molecular weight excluding hydrogens is 105 g/mol. The van der Waals surface area contributed by atoms with Gasteiger partial charge in [0.25, 0.3) is 0 Å². The molecule has 0 saturated carbocycles. The fraction of sp³-hybridized carbons (Fsp3) is 1.00. The maximum absolute atomic E-state index is 4.13. The maximum atomic E-state index is 4.13. The summed E-state index contributed by atoms with van der Waals surface area (Å²) in [5.74, 6) is 0. The van der Waals surface area contributed by atoms with Gasteiger partial charge in [0.05, 0.1) is 0 Å². The molecule has 2 heteroatoms. The summed E-state index contributed by atoms with van der Waals surface area (Å²) in [5, 5.41) is 0. The van der Waals surface area contributed by atoms with Crippen molar-refractivity contribution in [3.05, 3.63) is 0 Å². The standard InChI is InChI=1S/C5H12NP/c1-3-5-7-6-4-2/h3-5H2,1-2H3. The van der Waals surface area contributed by atoms with E-state index in [0.717, 1.165) is 6.54 Å². The predicted molar refractivity (Wildman–Crippen MR) is 35.0 cm³/mol. The summed E-state index contributed by atoms with van der Waals surface area (Å²) in [5.41, 5.74) is 0. The molecule has 0 aliphatic heterocycles. The summed E-state index contributed by atoms with van der Waals surface area (Å²) < 4.78 is 4.13. The van der Waals surface area contributed by atoms with Crippen LogP contribution < -0.4 is 0 Å². The molecular formula is C5H12NP. The zero-order chi connectivity index (χ0) is 5.54. The maximum Gasteiger partial charge on any atom is 0.0404 e. The van der Waals surface area contributed by atoms with Gasteiger partial charge in [-0.15, -0.1) is 0 Å². The highest BCUT2D eigenvalue weighted by Crippen LogP contribution is 1.99. The number of hydrogen-bond donors (Lipinski definition) is 0. The molecule has 0 aromatic heterocycles. The Hall–Kier alpha value is 0.100. The van der Waals surface area contributed by atoms with Crippen molar-refractivity contribution in [2.24, 2.45) is 4.74 Å². The van der Waals surface area contributed by atoms with Gasteiger partial charge in [-0.05, 0) is 13.3 Å². The second kappa shape index (κ2) is 6.10. The van der Waals surface area contributed by atoms with Crippen LogP contribution in [0.1, 0.15) is 20.3 Å². The highest BCUT2D eigenvalue weighted by Gasteiger charge is 1.70. The van der Waals surface area contributed by atoms with Crippen LogP contribution >= 0.6 is 8.37 Å². The first kappa shape index (κ1) is 7.10. The van der Waals surface area contributed by atoms with Gasteiger partial charge in [-0.2, -0.15) is 0 Å². The van der Waals surface area contributed by atoms with Gasteiger partial charge >= 0.3 is 0 Å². The molecule has 0 unspecified atom stereocenters. The van der Waals surface area contributed by atoms with Crippen molar-refractivity contribution in [2.75, 3.05) is 12.7 Å². The minimum absolute atomic E-state index is 0.974. The van der Waals surface area contributed by atoms with Crippen LogP contribution in [-0.2, 0) is 0 Å². The van der Waals surface area contributed by atoms with E-state index in [1.165, 1.54) is 21.0 Å². The van der Waals surface area contributed by atoms with Gasteiger partial charge in [-0.25, -0.2) is 0 Å². The van der Waals surface area contributed by atoms with Gasteiger partial charge in [0, 0.05) is 21.1 Å². The summed E-state index contributed by atoms with van der Waals surface area (Å²) >= 11 is 0. The number of nitrogens with zero attached hydrogens (tertiary/aromatic N) is 1. The third-order valence-corrected chi connectivity index (χ3v) is 1.70. The average Bonchev–Trinajstić information content (AvgIpc) is 1.69. The Morgan fingerprint density at radius 3 is 2.57 bits per heavy atom. The van der Waals surface area contributed by atoms with E-state index < -0.39 is 0 Å². The molecule has 0 N–H and O–H groups in total. The highest BCUT2D eigenvalue weighted by atomic mass is 31.1. The van der Waals surface area contributed by atoms with Crippen LogP contribution in [0, 0.1) is 0 Å². The van der Waals surface area contributed by atoms with E-state index in [-0.39, 0.29) is 0 Å². The lowest BCUT2D eigenvalue weighted by Crippen LogP contribution is -1.62. The van der Waals surface area contributed by atoms with E-state index in [1.54, 1.807) is 0 Å². The Morgan fingerprint density at radius 2 is 2.14 bits per heavy atom. The molecule has 0 aliphatic rings. The van der Waals surface area contributed by atoms with Gasteiger partial charge in [-0.3, -0.25) is 4.74 Å². The molecule has 0 atom stereocenters. The fourth-order valence-electron chi connectivity index (χ4n) is 0.271. The molecule has 0 rings (SSSR count). The average molecular weight is 117 g/mol. The van der Waals surface area contributed by atoms with Gasteiger partial charge in [0.1, 0.15) is 0 Å². The molecule has 0 aromatic rings. The zero-order valence-electron chi connectivity index (χ0n) is 5.02. The monoisotopic (exact) mass is 117 g/mol. The topological polar surface area (TPSA) is 12.4 Å². The largest absolute Gasteiger partial charge is 0.269 e. The molecule has 0 aromatic carbocycles. The molecule has 42 valence electrons. The van der Waals surface area contributed by atoms with Crippen molar-refractivity contribution in [1.82, 2.24) is 0 Å². The molecule has 0 radical (unpaired) electrons. The minimum atomic E-state index is 0.974. The lowest BCUT2D eigenvalue weighted by atomic mass is 10.6. The SMILES string of the molecule is CCCP=NCC. The van der Waals surface area contributed by atoms with E-state index in [1.807, 2.05) is 0 Å². The molecule has 7 heavy (non-hydrogen) atoms. The molecule has 0 heterocycles. The van der Waals surface area contributed by atoms with Crippen LogP contribution in [0.25, 0.3) is 0 Å². The van der Waals surface area contributed by atoms with Crippen molar-refractivity contribution in [2.45, 2.75) is 20.3 Å². The fourth-order valence-corrected chi connectivity index (χ4v) is 0.812. The van der Waals surface area contributed by atoms with E-state index >= 15 is 0 Å². The zero-order valence-corrected chi connectivity index (χ0v) is 5.91. The third kappa shape index (κ3) is 6.10. The summed E-state index contributed by atoms with van der Waals surface area (Å²) in [7, 11) is 1.27. The quantitative estimate of drug-likeness (QED) is 0.504. The second-order valence-corrected chi connectivity index (χ2v) is 2.34. The van der Waals surface area contributed by atoms with Crippen molar-refractivity contribution >= 4 is 8.37 Å². The van der Waals surface area contributed by atoms with Crippen LogP contribution in [0.15, 0.2) is 4.74 Å². The first-order valence-corrected chi connectivity index (χ1v) is 3.78. The van der Waals surface area contributed by atoms with Crippen LogP contribution in [0.2, 0.25) is 0 Å². The van der Waals surface area contributed by atoms with Gasteiger partial charge in [0.15, 0.2) is 0 Å². The van der Waals surface area contributed by atoms with Crippen molar-refractivity contribution in [1.29, 1.82) is 0 Å². The van der Waals surface area contributed by atoms with Crippen molar-refractivity contribution in [3.63, 3.8) is 0 Å². The molecule has 0 spiro atoms. The Balaban J connectivity index is 2.78. The molecule has 0 aliphatic carbocycles. The summed E-state index contributed by atoms with van der Waals surface area (Å²) in [4.78, 5) is 0. The highest BCUT2D eigenvalue weighted by molar-refractivity contribution is 7.26. The summed E-state index contributed by atoms with van der Waals surface area (Å²) in [6, 6.07) is 0. The molecule has 0 saturated heterocycles. The Morgan fingerprint density at radius 1 is 1.43 bits per heavy atom. The lowest BCUT2D eigenvalue weighted by Gasteiger charge is -1.78. The molecule has 1 nitrogen and oxygen atoms in total. The molecule has 0 bridgehead atoms. The molecule has 0 fully saturated rings. The van der Waals surface area contributed by atoms with Crippen molar-refractivity contribution in [3.8, 4) is 0 Å². The second-order valence-electron chi connectivity index (χ2n) is 1.32. The summed E-state index contributed by atoms with van der Waals surface area (Å²) in [6.45, 7) is 5.22. The van der Waals surface area contributed by atoms with E-state index in [9.17, 15) is 0 Å². The smallest absolute Gasteiger partial charge is 0.0404 e. The van der Waals surface area contributed by atoms with Gasteiger partial charge < -0.3 is 0 Å². The van der Waals surface area contributed by atoms with Gasteiger partial charge in [0.2, 0.25) is 0 Å². The molecule has 0 amide bonds. The first-order chi connectivity index (χ1) is 3.41. The van der Waals surface area contributed by atoms with Crippen LogP contribution in [-0.4, -0.2) is 12.7 Å². The minimum Gasteiger partial charge on any atom is -0.269 e. The number of hydrogen-bond acceptors (Lipinski definition) is 1. The van der Waals surface area contributed by atoms with Crippen molar-refractivity contribution < 1.29 is 0 Å². The van der Waals surface area contributed by atoms with E-state index in [0.29, 0.717) is 0 Å². The Kier molecular flexibility index (Phi) is 6.19. The predicted octanol–water partition coefficient (Wildman–Crippen LogP) is 2.55.